The Morgan fingerprint density at radius 3 is 2.79 bits per heavy atom. The molecule has 1 N–H and O–H groups in total. The summed E-state index contributed by atoms with van der Waals surface area (Å²) >= 11 is 0. The van der Waals surface area contributed by atoms with Crippen molar-refractivity contribution in [1.29, 1.82) is 0 Å². The molecular formula is C20H32N4O3S. The van der Waals surface area contributed by atoms with Gasteiger partial charge in [-0.3, -0.25) is 4.79 Å². The van der Waals surface area contributed by atoms with Crippen molar-refractivity contribution in [2.45, 2.75) is 32.1 Å². The lowest BCUT2D eigenvalue weighted by Gasteiger charge is -2.33. The lowest BCUT2D eigenvalue weighted by molar-refractivity contribution is -0.126. The number of piperidine rings is 1. The molecule has 1 saturated heterocycles. The molecule has 8 heteroatoms. The quantitative estimate of drug-likeness (QED) is 0.694. The molecule has 1 aromatic carbocycles. The normalized spacial score (nSPS) is 20.8. The maximum atomic E-state index is 12.5. The van der Waals surface area contributed by atoms with Crippen LogP contribution in [-0.4, -0.2) is 69.8 Å². The van der Waals surface area contributed by atoms with E-state index in [9.17, 15) is 13.2 Å². The van der Waals surface area contributed by atoms with Crippen molar-refractivity contribution in [1.82, 2.24) is 13.9 Å². The van der Waals surface area contributed by atoms with Crippen molar-refractivity contribution in [3.8, 4) is 0 Å². The fourth-order valence-corrected chi connectivity index (χ4v) is 5.26. The summed E-state index contributed by atoms with van der Waals surface area (Å²) in [4.78, 5) is 14.9. The molecule has 1 aromatic rings. The summed E-state index contributed by atoms with van der Waals surface area (Å²) in [5, 5.41) is 3.02. The first-order valence-electron chi connectivity index (χ1n) is 10.2. The van der Waals surface area contributed by atoms with Crippen molar-refractivity contribution in [2.24, 2.45) is 5.92 Å². The Balaban J connectivity index is 1.45. The van der Waals surface area contributed by atoms with Crippen LogP contribution in [0.2, 0.25) is 0 Å². The molecule has 2 heterocycles. The summed E-state index contributed by atoms with van der Waals surface area (Å²) < 4.78 is 27.2. The molecule has 0 saturated carbocycles. The number of nitrogens with zero attached hydrogens (tertiary/aromatic N) is 3. The molecule has 0 spiro atoms. The fourth-order valence-electron chi connectivity index (χ4n) is 4.07. The zero-order valence-electron chi connectivity index (χ0n) is 16.9. The van der Waals surface area contributed by atoms with Crippen LogP contribution >= 0.6 is 0 Å². The number of anilines is 1. The van der Waals surface area contributed by atoms with Gasteiger partial charge >= 0.3 is 0 Å². The lowest BCUT2D eigenvalue weighted by atomic mass is 9.99. The molecule has 0 aliphatic carbocycles. The third-order valence-corrected chi connectivity index (χ3v) is 7.56. The van der Waals surface area contributed by atoms with Crippen LogP contribution in [0.1, 0.15) is 31.2 Å². The first-order chi connectivity index (χ1) is 13.4. The van der Waals surface area contributed by atoms with E-state index < -0.39 is 10.2 Å². The molecule has 3 rings (SSSR count). The van der Waals surface area contributed by atoms with Crippen LogP contribution < -0.4 is 10.2 Å². The van der Waals surface area contributed by atoms with Crippen molar-refractivity contribution >= 4 is 21.8 Å². The molecule has 28 heavy (non-hydrogen) atoms. The van der Waals surface area contributed by atoms with E-state index in [1.807, 2.05) is 0 Å². The Hall–Kier alpha value is -1.64. The second-order valence-electron chi connectivity index (χ2n) is 7.85. The summed E-state index contributed by atoms with van der Waals surface area (Å²) in [6, 6.07) is 8.54. The van der Waals surface area contributed by atoms with Crippen LogP contribution in [0.15, 0.2) is 24.3 Å². The van der Waals surface area contributed by atoms with E-state index in [2.05, 4.69) is 34.5 Å². The van der Waals surface area contributed by atoms with Crippen LogP contribution in [-0.2, 0) is 21.4 Å². The zero-order chi connectivity index (χ0) is 20.1. The van der Waals surface area contributed by atoms with E-state index in [-0.39, 0.29) is 18.4 Å². The number of hydrogen-bond donors (Lipinski definition) is 1. The number of aryl methyl sites for hydroxylation is 1. The van der Waals surface area contributed by atoms with Gasteiger partial charge < -0.3 is 10.2 Å². The van der Waals surface area contributed by atoms with E-state index in [0.717, 1.165) is 38.8 Å². The highest BCUT2D eigenvalue weighted by atomic mass is 32.2. The number of fused-ring (bicyclic) bond motifs is 1. The highest BCUT2D eigenvalue weighted by Gasteiger charge is 2.33. The van der Waals surface area contributed by atoms with E-state index in [1.54, 1.807) is 0 Å². The van der Waals surface area contributed by atoms with E-state index in [4.69, 9.17) is 0 Å². The second-order valence-corrected chi connectivity index (χ2v) is 9.99. The molecule has 0 radical (unpaired) electrons. The minimum atomic E-state index is -3.45. The highest BCUT2D eigenvalue weighted by Crippen LogP contribution is 2.26. The van der Waals surface area contributed by atoms with Crippen LogP contribution in [0.25, 0.3) is 0 Å². The molecule has 0 unspecified atom stereocenters. The summed E-state index contributed by atoms with van der Waals surface area (Å²) in [5.74, 6) is -0.295. The number of hydrogen-bond acceptors (Lipinski definition) is 4. The minimum Gasteiger partial charge on any atom is -0.371 e. The van der Waals surface area contributed by atoms with Gasteiger partial charge in [0.2, 0.25) is 5.91 Å². The molecule has 0 bridgehead atoms. The first-order valence-corrected chi connectivity index (χ1v) is 11.6. The van der Waals surface area contributed by atoms with Gasteiger partial charge in [0.1, 0.15) is 0 Å². The SMILES string of the molecule is CN(C)S(=O)(=O)N1CCC[C@H](C(=O)NCCCN2CCCc3ccccc32)C1. The minimum absolute atomic E-state index is 0.0299. The number of rotatable bonds is 7. The van der Waals surface area contributed by atoms with Gasteiger partial charge in [-0.05, 0) is 43.7 Å². The molecule has 0 aromatic heterocycles. The molecule has 1 fully saturated rings. The Morgan fingerprint density at radius 2 is 2.00 bits per heavy atom. The number of benzene rings is 1. The second kappa shape index (κ2) is 9.24. The number of para-hydroxylation sites is 1. The highest BCUT2D eigenvalue weighted by molar-refractivity contribution is 7.86. The fraction of sp³-hybridized carbons (Fsp3) is 0.650. The number of nitrogens with one attached hydrogen (secondary N) is 1. The summed E-state index contributed by atoms with van der Waals surface area (Å²) in [5.41, 5.74) is 2.72. The van der Waals surface area contributed by atoms with Gasteiger partial charge in [-0.1, -0.05) is 18.2 Å². The monoisotopic (exact) mass is 408 g/mol. The summed E-state index contributed by atoms with van der Waals surface area (Å²) in [6.07, 6.45) is 4.64. The van der Waals surface area contributed by atoms with Crippen LogP contribution in [0.3, 0.4) is 0 Å². The number of carbonyl (C=O) groups excluding carboxylic acids is 1. The Kier molecular flexibility index (Phi) is 6.95. The Bertz CT molecular complexity index is 781. The molecule has 1 atom stereocenters. The van der Waals surface area contributed by atoms with Crippen LogP contribution in [0.4, 0.5) is 5.69 Å². The van der Waals surface area contributed by atoms with Gasteiger partial charge in [-0.2, -0.15) is 17.0 Å². The van der Waals surface area contributed by atoms with Crippen LogP contribution in [0.5, 0.6) is 0 Å². The van der Waals surface area contributed by atoms with E-state index in [1.165, 1.54) is 40.4 Å². The van der Waals surface area contributed by atoms with Gasteiger partial charge in [0.25, 0.3) is 10.2 Å². The molecule has 7 nitrogen and oxygen atoms in total. The first kappa shape index (κ1) is 21.1. The zero-order valence-corrected chi connectivity index (χ0v) is 17.7. The number of amides is 1. The number of carbonyl (C=O) groups is 1. The maximum absolute atomic E-state index is 12.5. The summed E-state index contributed by atoms with van der Waals surface area (Å²) in [7, 11) is -0.403. The average molecular weight is 409 g/mol. The predicted octanol–water partition coefficient (Wildman–Crippen LogP) is 1.46. The Morgan fingerprint density at radius 1 is 1.21 bits per heavy atom. The smallest absolute Gasteiger partial charge is 0.281 e. The molecule has 2 aliphatic rings. The van der Waals surface area contributed by atoms with Crippen molar-refractivity contribution in [3.05, 3.63) is 29.8 Å². The molecule has 2 aliphatic heterocycles. The van der Waals surface area contributed by atoms with Crippen molar-refractivity contribution < 1.29 is 13.2 Å². The van der Waals surface area contributed by atoms with E-state index >= 15 is 0 Å². The van der Waals surface area contributed by atoms with Gasteiger partial charge in [0, 0.05) is 52.5 Å². The molecular weight excluding hydrogens is 376 g/mol. The molecule has 156 valence electrons. The Labute approximate surface area is 168 Å². The maximum Gasteiger partial charge on any atom is 0.281 e. The van der Waals surface area contributed by atoms with Gasteiger partial charge in [0.05, 0.1) is 5.92 Å². The largest absolute Gasteiger partial charge is 0.371 e. The molecule has 1 amide bonds. The predicted molar refractivity (Wildman–Crippen MR) is 112 cm³/mol. The van der Waals surface area contributed by atoms with Crippen molar-refractivity contribution in [3.63, 3.8) is 0 Å². The van der Waals surface area contributed by atoms with Gasteiger partial charge in [-0.15, -0.1) is 0 Å². The standard InChI is InChI=1S/C20H32N4O3S/c1-22(2)28(26,27)24-15-6-10-18(16-24)20(25)21-12-7-14-23-13-5-9-17-8-3-4-11-19(17)23/h3-4,8,11,18H,5-7,9-10,12-16H2,1-2H3,(H,21,25)/t18-/m0/s1. The summed E-state index contributed by atoms with van der Waals surface area (Å²) in [6.45, 7) is 3.35. The van der Waals surface area contributed by atoms with Gasteiger partial charge in [0.15, 0.2) is 0 Å². The third-order valence-electron chi connectivity index (χ3n) is 5.65. The lowest BCUT2D eigenvalue weighted by Crippen LogP contribution is -2.49. The van der Waals surface area contributed by atoms with Crippen LogP contribution in [0, 0.1) is 5.92 Å². The third kappa shape index (κ3) is 4.85. The van der Waals surface area contributed by atoms with Gasteiger partial charge in [-0.25, -0.2) is 0 Å². The van der Waals surface area contributed by atoms with Crippen molar-refractivity contribution in [2.75, 3.05) is 51.7 Å². The van der Waals surface area contributed by atoms with E-state index in [0.29, 0.717) is 13.1 Å². The average Bonchev–Trinajstić information content (AvgIpc) is 2.71. The topological polar surface area (TPSA) is 73.0 Å².